The molecule has 0 saturated carbocycles. The van der Waals surface area contributed by atoms with E-state index in [9.17, 15) is 4.39 Å². The molecule has 0 aliphatic rings. The molecule has 2 aromatic rings. The van der Waals surface area contributed by atoms with Crippen LogP contribution in [-0.4, -0.2) is 0 Å². The summed E-state index contributed by atoms with van der Waals surface area (Å²) in [6.45, 7) is 0. The zero-order valence-corrected chi connectivity index (χ0v) is 13.0. The molecule has 0 aliphatic carbocycles. The highest BCUT2D eigenvalue weighted by atomic mass is 79.9. The van der Waals surface area contributed by atoms with Gasteiger partial charge in [0.15, 0.2) is 0 Å². The molecule has 0 unspecified atom stereocenters. The lowest BCUT2D eigenvalue weighted by molar-refractivity contribution is 0.475. The largest absolute Gasteiger partial charge is 0.457 e. The average Bonchev–Trinajstić information content (AvgIpc) is 2.34. The van der Waals surface area contributed by atoms with Gasteiger partial charge in [0.05, 0.1) is 4.47 Å². The lowest BCUT2D eigenvalue weighted by Gasteiger charge is -2.08. The summed E-state index contributed by atoms with van der Waals surface area (Å²) in [5.41, 5.74) is 0.978. The third kappa shape index (κ3) is 3.25. The number of rotatable bonds is 3. The Hall–Kier alpha value is -0.580. The smallest absolute Gasteiger partial charge is 0.141 e. The Kier molecular flexibility index (Phi) is 4.65. The summed E-state index contributed by atoms with van der Waals surface area (Å²) in [6, 6.07) is 10.1. The van der Waals surface area contributed by atoms with Gasteiger partial charge in [-0.15, -0.1) is 11.6 Å². The van der Waals surface area contributed by atoms with Crippen LogP contribution >= 0.6 is 43.5 Å². The number of benzene rings is 2. The Balaban J connectivity index is 2.23. The lowest BCUT2D eigenvalue weighted by Crippen LogP contribution is -1.88. The molecular formula is C13H8Br2ClFO. The molecule has 0 radical (unpaired) electrons. The van der Waals surface area contributed by atoms with Gasteiger partial charge < -0.3 is 4.74 Å². The van der Waals surface area contributed by atoms with Gasteiger partial charge in [-0.1, -0.05) is 22.0 Å². The standard InChI is InChI=1S/C13H8Br2ClFO/c14-11-4-3-10(6-13(11)17)18-9-2-1-8(7-16)12(15)5-9/h1-6H,7H2. The van der Waals surface area contributed by atoms with Gasteiger partial charge in [0.1, 0.15) is 17.3 Å². The van der Waals surface area contributed by atoms with Crippen LogP contribution in [0.5, 0.6) is 11.5 Å². The predicted octanol–water partition coefficient (Wildman–Crippen LogP) is 5.88. The van der Waals surface area contributed by atoms with Gasteiger partial charge in [-0.3, -0.25) is 0 Å². The van der Waals surface area contributed by atoms with E-state index in [0.29, 0.717) is 21.9 Å². The highest BCUT2D eigenvalue weighted by Gasteiger charge is 2.05. The van der Waals surface area contributed by atoms with E-state index in [1.165, 1.54) is 6.07 Å². The van der Waals surface area contributed by atoms with Crippen molar-refractivity contribution in [3.8, 4) is 11.5 Å². The molecule has 2 rings (SSSR count). The molecule has 0 spiro atoms. The zero-order chi connectivity index (χ0) is 13.1. The van der Waals surface area contributed by atoms with E-state index in [0.717, 1.165) is 10.0 Å². The first-order valence-electron chi connectivity index (χ1n) is 5.07. The van der Waals surface area contributed by atoms with Crippen molar-refractivity contribution < 1.29 is 9.13 Å². The van der Waals surface area contributed by atoms with Crippen molar-refractivity contribution in [1.82, 2.24) is 0 Å². The van der Waals surface area contributed by atoms with Gasteiger partial charge in [-0.05, 0) is 45.8 Å². The normalized spacial score (nSPS) is 10.4. The summed E-state index contributed by atoms with van der Waals surface area (Å²) in [5.74, 6) is 1.14. The van der Waals surface area contributed by atoms with Crippen molar-refractivity contribution >= 4 is 43.5 Å². The summed E-state index contributed by atoms with van der Waals surface area (Å²) in [5, 5.41) is 0. The van der Waals surface area contributed by atoms with E-state index in [-0.39, 0.29) is 5.82 Å². The average molecular weight is 394 g/mol. The van der Waals surface area contributed by atoms with Crippen molar-refractivity contribution in [1.29, 1.82) is 0 Å². The summed E-state index contributed by atoms with van der Waals surface area (Å²) in [4.78, 5) is 0. The van der Waals surface area contributed by atoms with Gasteiger partial charge in [0, 0.05) is 16.4 Å². The Morgan fingerprint density at radius 1 is 1.00 bits per heavy atom. The maximum absolute atomic E-state index is 13.3. The quantitative estimate of drug-likeness (QED) is 0.591. The molecule has 94 valence electrons. The number of ether oxygens (including phenoxy) is 1. The summed E-state index contributed by atoms with van der Waals surface area (Å²) < 4.78 is 20.2. The molecule has 18 heavy (non-hydrogen) atoms. The van der Waals surface area contributed by atoms with E-state index in [1.807, 2.05) is 6.07 Å². The van der Waals surface area contributed by atoms with Crippen LogP contribution in [0.1, 0.15) is 5.56 Å². The summed E-state index contributed by atoms with van der Waals surface area (Å²) >= 11 is 12.3. The third-order valence-corrected chi connectivity index (χ3v) is 3.96. The van der Waals surface area contributed by atoms with Crippen molar-refractivity contribution in [3.63, 3.8) is 0 Å². The van der Waals surface area contributed by atoms with Crippen molar-refractivity contribution in [2.24, 2.45) is 0 Å². The van der Waals surface area contributed by atoms with Crippen molar-refractivity contribution in [2.75, 3.05) is 0 Å². The van der Waals surface area contributed by atoms with E-state index in [4.69, 9.17) is 16.3 Å². The second kappa shape index (κ2) is 6.04. The van der Waals surface area contributed by atoms with E-state index >= 15 is 0 Å². The molecule has 0 N–H and O–H groups in total. The fraction of sp³-hybridized carbons (Fsp3) is 0.0769. The third-order valence-electron chi connectivity index (χ3n) is 2.30. The summed E-state index contributed by atoms with van der Waals surface area (Å²) in [6.07, 6.45) is 0. The number of hydrogen-bond donors (Lipinski definition) is 0. The van der Waals surface area contributed by atoms with E-state index in [2.05, 4.69) is 31.9 Å². The first-order valence-corrected chi connectivity index (χ1v) is 7.19. The van der Waals surface area contributed by atoms with Crippen LogP contribution in [0.2, 0.25) is 0 Å². The number of alkyl halides is 1. The SMILES string of the molecule is Fc1cc(Oc2ccc(CCl)c(Br)c2)ccc1Br. The lowest BCUT2D eigenvalue weighted by atomic mass is 10.2. The van der Waals surface area contributed by atoms with Crippen LogP contribution in [0.4, 0.5) is 4.39 Å². The molecule has 0 aliphatic heterocycles. The maximum Gasteiger partial charge on any atom is 0.141 e. The molecule has 0 bridgehead atoms. The second-order valence-corrected chi connectivity index (χ2v) is 5.54. The summed E-state index contributed by atoms with van der Waals surface area (Å²) in [7, 11) is 0. The molecule has 0 heterocycles. The highest BCUT2D eigenvalue weighted by molar-refractivity contribution is 9.10. The van der Waals surface area contributed by atoms with Gasteiger partial charge in [0.2, 0.25) is 0 Å². The number of hydrogen-bond acceptors (Lipinski definition) is 1. The molecule has 0 atom stereocenters. The van der Waals surface area contributed by atoms with Crippen molar-refractivity contribution in [2.45, 2.75) is 5.88 Å². The molecule has 0 fully saturated rings. The van der Waals surface area contributed by atoms with Crippen molar-refractivity contribution in [3.05, 3.63) is 56.7 Å². The van der Waals surface area contributed by atoms with Gasteiger partial charge in [-0.25, -0.2) is 4.39 Å². The van der Waals surface area contributed by atoms with Crippen LogP contribution in [0.15, 0.2) is 45.3 Å². The second-order valence-electron chi connectivity index (χ2n) is 3.56. The minimum Gasteiger partial charge on any atom is -0.457 e. The fourth-order valence-corrected chi connectivity index (χ4v) is 2.52. The molecule has 2 aromatic carbocycles. The predicted molar refractivity (Wildman–Crippen MR) is 77.9 cm³/mol. The van der Waals surface area contributed by atoms with Crippen LogP contribution < -0.4 is 4.74 Å². The zero-order valence-electron chi connectivity index (χ0n) is 9.09. The minimum absolute atomic E-state index is 0.357. The molecule has 1 nitrogen and oxygen atoms in total. The number of halogens is 4. The van der Waals surface area contributed by atoms with E-state index < -0.39 is 0 Å². The Morgan fingerprint density at radius 2 is 1.67 bits per heavy atom. The Bertz CT molecular complexity index is 575. The van der Waals surface area contributed by atoms with Crippen LogP contribution in [-0.2, 0) is 5.88 Å². The van der Waals surface area contributed by atoms with Gasteiger partial charge >= 0.3 is 0 Å². The first kappa shape index (κ1) is 13.8. The molecule has 5 heteroatoms. The fourth-order valence-electron chi connectivity index (χ4n) is 1.38. The monoisotopic (exact) mass is 392 g/mol. The van der Waals surface area contributed by atoms with Gasteiger partial charge in [-0.2, -0.15) is 0 Å². The van der Waals surface area contributed by atoms with Crippen LogP contribution in [0, 0.1) is 5.82 Å². The van der Waals surface area contributed by atoms with E-state index in [1.54, 1.807) is 24.3 Å². The maximum atomic E-state index is 13.3. The first-order chi connectivity index (χ1) is 8.60. The Labute approximate surface area is 126 Å². The van der Waals surface area contributed by atoms with Crippen LogP contribution in [0.3, 0.4) is 0 Å². The molecule has 0 aromatic heterocycles. The Morgan fingerprint density at radius 3 is 2.28 bits per heavy atom. The van der Waals surface area contributed by atoms with Gasteiger partial charge in [0.25, 0.3) is 0 Å². The minimum atomic E-state index is -0.357. The topological polar surface area (TPSA) is 9.23 Å². The molecular weight excluding hydrogens is 386 g/mol. The van der Waals surface area contributed by atoms with Crippen LogP contribution in [0.25, 0.3) is 0 Å². The molecule has 0 amide bonds. The molecule has 0 saturated heterocycles. The highest BCUT2D eigenvalue weighted by Crippen LogP contribution is 2.29.